The van der Waals surface area contributed by atoms with E-state index in [1.165, 1.54) is 6.07 Å². The molecule has 0 amide bonds. The molecule has 0 bridgehead atoms. The third-order valence-corrected chi connectivity index (χ3v) is 3.01. The van der Waals surface area contributed by atoms with Crippen molar-refractivity contribution in [3.63, 3.8) is 0 Å². The lowest BCUT2D eigenvalue weighted by atomic mass is 10.0. The molecule has 0 spiro atoms. The molecular weight excluding hydrogens is 227 g/mol. The topological polar surface area (TPSA) is 38.0 Å². The summed E-state index contributed by atoms with van der Waals surface area (Å²) in [5.74, 6) is 2.50. The SMILES string of the molecule is C#CC(CCC)NC(CN)c1ccc(C)c(F)c1. The first-order chi connectivity index (χ1) is 8.62. The van der Waals surface area contributed by atoms with Crippen molar-refractivity contribution in [2.24, 2.45) is 5.73 Å². The molecule has 0 saturated heterocycles. The van der Waals surface area contributed by atoms with Gasteiger partial charge in [-0.25, -0.2) is 4.39 Å². The normalized spacial score (nSPS) is 13.9. The van der Waals surface area contributed by atoms with Crippen molar-refractivity contribution in [1.29, 1.82) is 0 Å². The van der Waals surface area contributed by atoms with E-state index in [2.05, 4.69) is 18.2 Å². The van der Waals surface area contributed by atoms with E-state index in [-0.39, 0.29) is 17.9 Å². The molecule has 0 heterocycles. The van der Waals surface area contributed by atoms with Gasteiger partial charge in [-0.05, 0) is 30.5 Å². The second kappa shape index (κ2) is 7.15. The number of nitrogens with one attached hydrogen (secondary N) is 1. The van der Waals surface area contributed by atoms with Crippen LogP contribution in [0.3, 0.4) is 0 Å². The van der Waals surface area contributed by atoms with Crippen LogP contribution in [-0.2, 0) is 0 Å². The van der Waals surface area contributed by atoms with Crippen molar-refractivity contribution < 1.29 is 4.39 Å². The fraction of sp³-hybridized carbons (Fsp3) is 0.467. The van der Waals surface area contributed by atoms with Crippen molar-refractivity contribution in [2.75, 3.05) is 6.54 Å². The number of hydrogen-bond acceptors (Lipinski definition) is 2. The highest BCUT2D eigenvalue weighted by Gasteiger charge is 2.14. The van der Waals surface area contributed by atoms with Crippen molar-refractivity contribution in [1.82, 2.24) is 5.32 Å². The van der Waals surface area contributed by atoms with Gasteiger partial charge in [-0.3, -0.25) is 5.32 Å². The van der Waals surface area contributed by atoms with E-state index in [4.69, 9.17) is 12.2 Å². The fourth-order valence-corrected chi connectivity index (χ4v) is 1.87. The summed E-state index contributed by atoms with van der Waals surface area (Å²) in [4.78, 5) is 0. The Morgan fingerprint density at radius 1 is 1.50 bits per heavy atom. The van der Waals surface area contributed by atoms with Gasteiger partial charge in [0.2, 0.25) is 0 Å². The van der Waals surface area contributed by atoms with Gasteiger partial charge in [-0.15, -0.1) is 6.42 Å². The molecule has 3 heteroatoms. The molecule has 0 aromatic heterocycles. The molecule has 0 radical (unpaired) electrons. The van der Waals surface area contributed by atoms with Gasteiger partial charge in [-0.2, -0.15) is 0 Å². The second-order valence-corrected chi connectivity index (χ2v) is 4.47. The molecule has 2 atom stereocenters. The summed E-state index contributed by atoms with van der Waals surface area (Å²) in [5.41, 5.74) is 7.22. The smallest absolute Gasteiger partial charge is 0.126 e. The average molecular weight is 248 g/mol. The molecule has 0 aliphatic carbocycles. The van der Waals surface area contributed by atoms with Crippen LogP contribution in [0.5, 0.6) is 0 Å². The zero-order chi connectivity index (χ0) is 13.5. The van der Waals surface area contributed by atoms with Crippen molar-refractivity contribution in [3.8, 4) is 12.3 Å². The second-order valence-electron chi connectivity index (χ2n) is 4.47. The molecule has 2 nitrogen and oxygen atoms in total. The number of benzene rings is 1. The lowest BCUT2D eigenvalue weighted by Crippen LogP contribution is -2.35. The van der Waals surface area contributed by atoms with Crippen LogP contribution in [0.1, 0.15) is 36.9 Å². The van der Waals surface area contributed by atoms with Crippen LogP contribution in [0.4, 0.5) is 4.39 Å². The van der Waals surface area contributed by atoms with Gasteiger partial charge >= 0.3 is 0 Å². The summed E-state index contributed by atoms with van der Waals surface area (Å²) >= 11 is 0. The van der Waals surface area contributed by atoms with E-state index in [0.717, 1.165) is 18.4 Å². The highest BCUT2D eigenvalue weighted by atomic mass is 19.1. The lowest BCUT2D eigenvalue weighted by Gasteiger charge is -2.22. The van der Waals surface area contributed by atoms with E-state index < -0.39 is 0 Å². The summed E-state index contributed by atoms with van der Waals surface area (Å²) in [6.45, 7) is 4.21. The first-order valence-electron chi connectivity index (χ1n) is 6.30. The Balaban J connectivity index is 2.82. The van der Waals surface area contributed by atoms with Gasteiger partial charge in [0.15, 0.2) is 0 Å². The highest BCUT2D eigenvalue weighted by molar-refractivity contribution is 5.26. The molecule has 2 unspecified atom stereocenters. The zero-order valence-electron chi connectivity index (χ0n) is 11.0. The third kappa shape index (κ3) is 3.83. The number of terminal acetylenes is 1. The number of hydrogen-bond donors (Lipinski definition) is 2. The minimum absolute atomic E-state index is 0.0204. The third-order valence-electron chi connectivity index (χ3n) is 3.01. The molecule has 0 aliphatic rings. The van der Waals surface area contributed by atoms with Gasteiger partial charge < -0.3 is 5.73 Å². The van der Waals surface area contributed by atoms with E-state index >= 15 is 0 Å². The molecule has 1 aromatic carbocycles. The Morgan fingerprint density at radius 2 is 2.22 bits per heavy atom. The van der Waals surface area contributed by atoms with Gasteiger partial charge in [0.05, 0.1) is 6.04 Å². The molecule has 1 aromatic rings. The predicted molar refractivity (Wildman–Crippen MR) is 73.6 cm³/mol. The largest absolute Gasteiger partial charge is 0.329 e. The van der Waals surface area contributed by atoms with Crippen LogP contribution in [-0.4, -0.2) is 12.6 Å². The van der Waals surface area contributed by atoms with Gasteiger partial charge in [0, 0.05) is 12.6 Å². The molecule has 0 saturated carbocycles. The average Bonchev–Trinajstić information content (AvgIpc) is 2.38. The van der Waals surface area contributed by atoms with Crippen molar-refractivity contribution in [2.45, 2.75) is 38.8 Å². The number of nitrogens with two attached hydrogens (primary N) is 1. The van der Waals surface area contributed by atoms with Crippen LogP contribution in [0.25, 0.3) is 0 Å². The van der Waals surface area contributed by atoms with Crippen LogP contribution < -0.4 is 11.1 Å². The maximum absolute atomic E-state index is 13.5. The van der Waals surface area contributed by atoms with Crippen LogP contribution in [0.2, 0.25) is 0 Å². The van der Waals surface area contributed by atoms with Crippen LogP contribution in [0, 0.1) is 25.1 Å². The Hall–Kier alpha value is -1.37. The van der Waals surface area contributed by atoms with E-state index in [1.807, 2.05) is 6.07 Å². The maximum atomic E-state index is 13.5. The van der Waals surface area contributed by atoms with Gasteiger partial charge in [0.1, 0.15) is 5.82 Å². The molecular formula is C15H21FN2. The number of rotatable bonds is 6. The number of halogens is 1. The Morgan fingerprint density at radius 3 is 2.72 bits per heavy atom. The summed E-state index contributed by atoms with van der Waals surface area (Å²) in [6.07, 6.45) is 7.36. The number of aryl methyl sites for hydroxylation is 1. The first-order valence-corrected chi connectivity index (χ1v) is 6.30. The van der Waals surface area contributed by atoms with Gasteiger partial charge in [-0.1, -0.05) is 31.4 Å². The van der Waals surface area contributed by atoms with E-state index in [9.17, 15) is 4.39 Å². The van der Waals surface area contributed by atoms with Crippen LogP contribution in [0.15, 0.2) is 18.2 Å². The summed E-state index contributed by atoms with van der Waals surface area (Å²) in [7, 11) is 0. The molecule has 18 heavy (non-hydrogen) atoms. The summed E-state index contributed by atoms with van der Waals surface area (Å²) < 4.78 is 13.5. The summed E-state index contributed by atoms with van der Waals surface area (Å²) in [5, 5.41) is 3.29. The van der Waals surface area contributed by atoms with Gasteiger partial charge in [0.25, 0.3) is 0 Å². The molecule has 1 rings (SSSR count). The van der Waals surface area contributed by atoms with E-state index in [1.54, 1.807) is 13.0 Å². The minimum atomic E-state index is -0.208. The predicted octanol–water partition coefficient (Wildman–Crippen LogP) is 2.53. The standard InChI is InChI=1S/C15H21FN2/c1-4-6-13(5-2)18-15(10-17)12-8-7-11(3)14(16)9-12/h2,7-9,13,15,18H,4,6,10,17H2,1,3H3. The van der Waals surface area contributed by atoms with Crippen LogP contribution >= 0.6 is 0 Å². The zero-order valence-corrected chi connectivity index (χ0v) is 11.0. The molecule has 3 N–H and O–H groups in total. The van der Waals surface area contributed by atoms with E-state index in [0.29, 0.717) is 12.1 Å². The molecule has 0 fully saturated rings. The lowest BCUT2D eigenvalue weighted by molar-refractivity contribution is 0.473. The molecule has 0 aliphatic heterocycles. The Labute approximate surface area is 109 Å². The highest BCUT2D eigenvalue weighted by Crippen LogP contribution is 2.17. The van der Waals surface area contributed by atoms with Crippen molar-refractivity contribution in [3.05, 3.63) is 35.1 Å². The Kier molecular flexibility index (Phi) is 5.84. The summed E-state index contributed by atoms with van der Waals surface area (Å²) in [6, 6.07) is 5.06. The fourth-order valence-electron chi connectivity index (χ4n) is 1.87. The Bertz CT molecular complexity index is 423. The minimum Gasteiger partial charge on any atom is -0.329 e. The first kappa shape index (κ1) is 14.7. The molecule has 98 valence electrons. The maximum Gasteiger partial charge on any atom is 0.126 e. The monoisotopic (exact) mass is 248 g/mol. The quantitative estimate of drug-likeness (QED) is 0.759. The van der Waals surface area contributed by atoms with Crippen molar-refractivity contribution >= 4 is 0 Å².